The largest absolute Gasteiger partial charge is 0.371 e. The van der Waals surface area contributed by atoms with Crippen LogP contribution in [0.1, 0.15) is 0 Å². The number of nitrogens with one attached hydrogen (secondary N) is 2. The van der Waals surface area contributed by atoms with Gasteiger partial charge < -0.3 is 16.4 Å². The van der Waals surface area contributed by atoms with Gasteiger partial charge in [-0.2, -0.15) is 9.97 Å². The maximum absolute atomic E-state index is 10.2. The maximum atomic E-state index is 10.2. The standard InChI is InChI=1S/C6H8ClN5O/c1-9-5-3(10-2-13)4(7)11-6(8)12-5/h2H,1H3,(H,10,13)(H3,8,9,11,12). The molecule has 7 heteroatoms. The number of nitrogens with zero attached hydrogens (tertiary/aromatic N) is 2. The zero-order valence-corrected chi connectivity index (χ0v) is 7.59. The maximum Gasteiger partial charge on any atom is 0.223 e. The summed E-state index contributed by atoms with van der Waals surface area (Å²) in [5.41, 5.74) is 5.65. The highest BCUT2D eigenvalue weighted by Gasteiger charge is 2.09. The van der Waals surface area contributed by atoms with Gasteiger partial charge in [0.15, 0.2) is 11.0 Å². The van der Waals surface area contributed by atoms with E-state index in [1.807, 2.05) is 0 Å². The second-order valence-electron chi connectivity index (χ2n) is 2.11. The highest BCUT2D eigenvalue weighted by molar-refractivity contribution is 6.33. The third-order valence-corrected chi connectivity index (χ3v) is 1.60. The molecule has 0 saturated heterocycles. The molecule has 0 aromatic carbocycles. The second-order valence-corrected chi connectivity index (χ2v) is 2.47. The highest BCUT2D eigenvalue weighted by atomic mass is 35.5. The molecule has 1 rings (SSSR count). The Hall–Kier alpha value is -1.56. The van der Waals surface area contributed by atoms with Crippen molar-refractivity contribution in [1.82, 2.24) is 9.97 Å². The van der Waals surface area contributed by atoms with E-state index in [0.29, 0.717) is 17.9 Å². The van der Waals surface area contributed by atoms with E-state index >= 15 is 0 Å². The minimum absolute atomic E-state index is 0.0470. The number of aromatic nitrogens is 2. The third-order valence-electron chi connectivity index (χ3n) is 1.32. The van der Waals surface area contributed by atoms with Crippen molar-refractivity contribution >= 4 is 35.5 Å². The van der Waals surface area contributed by atoms with Crippen molar-refractivity contribution in [2.75, 3.05) is 23.4 Å². The quantitative estimate of drug-likeness (QED) is 0.484. The fourth-order valence-corrected chi connectivity index (χ4v) is 1.05. The Balaban J connectivity index is 3.20. The number of nitrogen functional groups attached to an aromatic ring is 1. The minimum Gasteiger partial charge on any atom is -0.371 e. The SMILES string of the molecule is CNc1nc(N)nc(Cl)c1NC=O. The molecule has 0 bridgehead atoms. The summed E-state index contributed by atoms with van der Waals surface area (Å²) in [5.74, 6) is 0.426. The van der Waals surface area contributed by atoms with E-state index in [2.05, 4.69) is 20.6 Å². The van der Waals surface area contributed by atoms with E-state index in [9.17, 15) is 4.79 Å². The van der Waals surface area contributed by atoms with E-state index in [-0.39, 0.29) is 11.1 Å². The molecule has 0 fully saturated rings. The zero-order valence-electron chi connectivity index (χ0n) is 6.84. The molecule has 1 amide bonds. The van der Waals surface area contributed by atoms with Crippen LogP contribution in [-0.2, 0) is 4.79 Å². The molecule has 1 aromatic heterocycles. The molecule has 0 unspecified atom stereocenters. The van der Waals surface area contributed by atoms with Crippen LogP contribution in [-0.4, -0.2) is 23.4 Å². The van der Waals surface area contributed by atoms with E-state index in [0.717, 1.165) is 0 Å². The number of carbonyl (C=O) groups excluding carboxylic acids is 1. The topological polar surface area (TPSA) is 92.9 Å². The summed E-state index contributed by atoms with van der Waals surface area (Å²) in [7, 11) is 1.63. The number of hydrogen-bond donors (Lipinski definition) is 3. The van der Waals surface area contributed by atoms with Gasteiger partial charge in [-0.25, -0.2) is 0 Å². The molecular formula is C6H8ClN5O. The molecule has 70 valence electrons. The fourth-order valence-electron chi connectivity index (χ4n) is 0.817. The van der Waals surface area contributed by atoms with Crippen molar-refractivity contribution in [3.8, 4) is 0 Å². The predicted octanol–water partition coefficient (Wildman–Crippen LogP) is 0.322. The van der Waals surface area contributed by atoms with Gasteiger partial charge in [-0.1, -0.05) is 11.6 Å². The van der Waals surface area contributed by atoms with Crippen molar-refractivity contribution < 1.29 is 4.79 Å². The van der Waals surface area contributed by atoms with Crippen molar-refractivity contribution in [2.24, 2.45) is 0 Å². The van der Waals surface area contributed by atoms with Gasteiger partial charge in [-0.3, -0.25) is 4.79 Å². The van der Waals surface area contributed by atoms with Gasteiger partial charge in [-0.05, 0) is 0 Å². The van der Waals surface area contributed by atoms with Crippen molar-refractivity contribution in [3.63, 3.8) is 0 Å². The number of rotatable bonds is 3. The normalized spacial score (nSPS) is 9.38. The summed E-state index contributed by atoms with van der Waals surface area (Å²) in [5, 5.41) is 5.19. The summed E-state index contributed by atoms with van der Waals surface area (Å²) in [4.78, 5) is 17.7. The molecule has 0 aliphatic carbocycles. The monoisotopic (exact) mass is 201 g/mol. The average Bonchev–Trinajstić information content (AvgIpc) is 2.09. The van der Waals surface area contributed by atoms with Gasteiger partial charge in [0.25, 0.3) is 0 Å². The molecule has 0 saturated carbocycles. The van der Waals surface area contributed by atoms with Gasteiger partial charge in [-0.15, -0.1) is 0 Å². The van der Waals surface area contributed by atoms with Crippen LogP contribution in [0.5, 0.6) is 0 Å². The number of hydrogen-bond acceptors (Lipinski definition) is 5. The average molecular weight is 202 g/mol. The Kier molecular flexibility index (Phi) is 2.86. The van der Waals surface area contributed by atoms with Crippen LogP contribution in [0.2, 0.25) is 5.15 Å². The van der Waals surface area contributed by atoms with Gasteiger partial charge >= 0.3 is 0 Å². The lowest BCUT2D eigenvalue weighted by Gasteiger charge is -2.07. The van der Waals surface area contributed by atoms with Gasteiger partial charge in [0.1, 0.15) is 5.69 Å². The molecule has 6 nitrogen and oxygen atoms in total. The highest BCUT2D eigenvalue weighted by Crippen LogP contribution is 2.26. The first-order valence-corrected chi connectivity index (χ1v) is 3.77. The molecule has 0 atom stereocenters. The second kappa shape index (κ2) is 3.90. The van der Waals surface area contributed by atoms with E-state index in [1.54, 1.807) is 7.05 Å². The Labute approximate surface area is 79.5 Å². The molecule has 1 heterocycles. The van der Waals surface area contributed by atoms with Crippen LogP contribution in [0.25, 0.3) is 0 Å². The summed E-state index contributed by atoms with van der Waals surface area (Å²) in [6.07, 6.45) is 0.488. The van der Waals surface area contributed by atoms with Crippen LogP contribution in [0, 0.1) is 0 Å². The van der Waals surface area contributed by atoms with Gasteiger partial charge in [0.05, 0.1) is 0 Å². The number of carbonyl (C=O) groups is 1. The van der Waals surface area contributed by atoms with Crippen LogP contribution in [0.15, 0.2) is 0 Å². The van der Waals surface area contributed by atoms with E-state index < -0.39 is 0 Å². The lowest BCUT2D eigenvalue weighted by atomic mass is 10.4. The predicted molar refractivity (Wildman–Crippen MR) is 50.7 cm³/mol. The summed E-state index contributed by atoms with van der Waals surface area (Å²) < 4.78 is 0. The summed E-state index contributed by atoms with van der Waals surface area (Å²) in [6.45, 7) is 0. The smallest absolute Gasteiger partial charge is 0.223 e. The fraction of sp³-hybridized carbons (Fsp3) is 0.167. The lowest BCUT2D eigenvalue weighted by Crippen LogP contribution is -2.06. The molecule has 13 heavy (non-hydrogen) atoms. The van der Waals surface area contributed by atoms with Crippen molar-refractivity contribution in [1.29, 1.82) is 0 Å². The van der Waals surface area contributed by atoms with Crippen LogP contribution >= 0.6 is 11.6 Å². The van der Waals surface area contributed by atoms with Crippen molar-refractivity contribution in [3.05, 3.63) is 5.15 Å². The Bertz CT molecular complexity index is 329. The summed E-state index contributed by atoms with van der Waals surface area (Å²) in [6, 6.07) is 0. The molecule has 0 radical (unpaired) electrons. The third kappa shape index (κ3) is 1.97. The minimum atomic E-state index is 0.0470. The van der Waals surface area contributed by atoms with Crippen LogP contribution < -0.4 is 16.4 Å². The number of nitrogens with two attached hydrogens (primary N) is 1. The van der Waals surface area contributed by atoms with Crippen LogP contribution in [0.3, 0.4) is 0 Å². The number of anilines is 3. The first kappa shape index (κ1) is 9.53. The molecule has 4 N–H and O–H groups in total. The molecule has 0 aliphatic rings. The lowest BCUT2D eigenvalue weighted by molar-refractivity contribution is -0.105. The number of halogens is 1. The van der Waals surface area contributed by atoms with E-state index in [1.165, 1.54) is 0 Å². The Morgan fingerprint density at radius 2 is 2.23 bits per heavy atom. The van der Waals surface area contributed by atoms with Crippen LogP contribution in [0.4, 0.5) is 17.5 Å². The van der Waals surface area contributed by atoms with Gasteiger partial charge in [0, 0.05) is 7.05 Å². The first-order chi connectivity index (χ1) is 6.19. The van der Waals surface area contributed by atoms with E-state index in [4.69, 9.17) is 17.3 Å². The number of amides is 1. The molecular weight excluding hydrogens is 194 g/mol. The Morgan fingerprint density at radius 1 is 1.54 bits per heavy atom. The Morgan fingerprint density at radius 3 is 2.77 bits per heavy atom. The van der Waals surface area contributed by atoms with Gasteiger partial charge in [0.2, 0.25) is 12.4 Å². The molecule has 0 aliphatic heterocycles. The zero-order chi connectivity index (χ0) is 9.84. The summed E-state index contributed by atoms with van der Waals surface area (Å²) >= 11 is 5.70. The van der Waals surface area contributed by atoms with Crippen molar-refractivity contribution in [2.45, 2.75) is 0 Å². The first-order valence-electron chi connectivity index (χ1n) is 3.40. The molecule has 0 spiro atoms. The molecule has 1 aromatic rings.